The highest BCUT2D eigenvalue weighted by molar-refractivity contribution is 6.19. The zero-order chi connectivity index (χ0) is 19.5. The summed E-state index contributed by atoms with van der Waals surface area (Å²) >= 11 is 0. The Hall–Kier alpha value is -2.25. The van der Waals surface area contributed by atoms with Crippen LogP contribution < -0.4 is 0 Å². The number of piperidine rings is 1. The molecule has 5 aliphatic rings. The van der Waals surface area contributed by atoms with Gasteiger partial charge in [-0.3, -0.25) is 9.79 Å². The fourth-order valence-electron chi connectivity index (χ4n) is 6.83. The number of amides is 1. The van der Waals surface area contributed by atoms with Crippen molar-refractivity contribution in [2.75, 3.05) is 13.7 Å². The van der Waals surface area contributed by atoms with Gasteiger partial charge < -0.3 is 19.5 Å². The Kier molecular flexibility index (Phi) is 2.88. The molecule has 6 atom stereocenters. The van der Waals surface area contributed by atoms with Crippen molar-refractivity contribution in [2.45, 2.75) is 55.5 Å². The normalized spacial score (nSPS) is 44.2. The van der Waals surface area contributed by atoms with E-state index in [1.807, 2.05) is 29.2 Å². The van der Waals surface area contributed by atoms with Gasteiger partial charge >= 0.3 is 5.97 Å². The van der Waals surface area contributed by atoms with Crippen LogP contribution in [0.2, 0.25) is 0 Å². The Labute approximate surface area is 162 Å². The number of carbonyl (C=O) groups is 2. The molecule has 0 radical (unpaired) electrons. The molecule has 7 nitrogen and oxygen atoms in total. The van der Waals surface area contributed by atoms with E-state index >= 15 is 0 Å². The number of rotatable bonds is 2. The van der Waals surface area contributed by atoms with Crippen LogP contribution in [0.25, 0.3) is 0 Å². The maximum Gasteiger partial charge on any atom is 0.343 e. The molecule has 6 rings (SSSR count). The first-order chi connectivity index (χ1) is 13.4. The van der Waals surface area contributed by atoms with Crippen molar-refractivity contribution in [1.29, 1.82) is 0 Å². The Morgan fingerprint density at radius 1 is 1.43 bits per heavy atom. The van der Waals surface area contributed by atoms with E-state index in [1.165, 1.54) is 7.11 Å². The number of ether oxygens (including phenoxy) is 2. The van der Waals surface area contributed by atoms with Crippen LogP contribution in [0.3, 0.4) is 0 Å². The molecule has 0 unspecified atom stereocenters. The van der Waals surface area contributed by atoms with Gasteiger partial charge in [0.15, 0.2) is 6.10 Å². The van der Waals surface area contributed by atoms with Gasteiger partial charge in [-0.2, -0.15) is 0 Å². The highest BCUT2D eigenvalue weighted by atomic mass is 16.6. The summed E-state index contributed by atoms with van der Waals surface area (Å²) in [6.45, 7) is 2.63. The van der Waals surface area contributed by atoms with E-state index in [9.17, 15) is 14.7 Å². The van der Waals surface area contributed by atoms with Crippen LogP contribution in [0.4, 0.5) is 5.69 Å². The van der Waals surface area contributed by atoms with E-state index in [2.05, 4.69) is 6.92 Å². The number of hydrogen-bond donors (Lipinski definition) is 1. The van der Waals surface area contributed by atoms with E-state index < -0.39 is 28.5 Å². The molecule has 1 aliphatic carbocycles. The third-order valence-corrected chi connectivity index (χ3v) is 7.85. The number of esters is 1. The van der Waals surface area contributed by atoms with Crippen LogP contribution in [0.1, 0.15) is 31.7 Å². The lowest BCUT2D eigenvalue weighted by Gasteiger charge is -2.57. The maximum absolute atomic E-state index is 13.0. The van der Waals surface area contributed by atoms with Gasteiger partial charge in [0.25, 0.3) is 5.91 Å². The third-order valence-electron chi connectivity index (χ3n) is 7.85. The summed E-state index contributed by atoms with van der Waals surface area (Å²) in [7, 11) is 1.29. The first kappa shape index (κ1) is 16.7. The molecule has 0 aromatic heterocycles. The van der Waals surface area contributed by atoms with Gasteiger partial charge in [-0.15, -0.1) is 0 Å². The minimum atomic E-state index is -1.83. The van der Waals surface area contributed by atoms with Crippen molar-refractivity contribution >= 4 is 23.3 Å². The Bertz CT molecular complexity index is 975. The Morgan fingerprint density at radius 3 is 2.96 bits per heavy atom. The van der Waals surface area contributed by atoms with Crippen molar-refractivity contribution in [3.05, 3.63) is 29.8 Å². The van der Waals surface area contributed by atoms with Gasteiger partial charge in [0.2, 0.25) is 5.60 Å². The summed E-state index contributed by atoms with van der Waals surface area (Å²) < 4.78 is 10.9. The Morgan fingerprint density at radius 2 is 2.21 bits per heavy atom. The molecule has 4 aliphatic heterocycles. The average Bonchev–Trinajstić information content (AvgIpc) is 3.33. The molecule has 1 amide bonds. The molecular formula is C21H22N2O5. The number of hydrogen-bond acceptors (Lipinski definition) is 6. The van der Waals surface area contributed by atoms with Crippen molar-refractivity contribution in [3.63, 3.8) is 0 Å². The summed E-state index contributed by atoms with van der Waals surface area (Å²) in [6, 6.07) is 7.61. The molecular weight excluding hydrogens is 360 g/mol. The fourth-order valence-corrected chi connectivity index (χ4v) is 6.83. The van der Waals surface area contributed by atoms with E-state index in [0.29, 0.717) is 25.1 Å². The van der Waals surface area contributed by atoms with Gasteiger partial charge in [0.05, 0.1) is 30.0 Å². The molecule has 7 heteroatoms. The second-order valence-corrected chi connectivity index (χ2v) is 8.73. The minimum Gasteiger partial charge on any atom is -0.467 e. The highest BCUT2D eigenvalue weighted by Crippen LogP contribution is 2.68. The largest absolute Gasteiger partial charge is 0.467 e. The van der Waals surface area contributed by atoms with Crippen LogP contribution in [0.15, 0.2) is 29.3 Å². The lowest BCUT2D eigenvalue weighted by molar-refractivity contribution is -0.164. The van der Waals surface area contributed by atoms with Gasteiger partial charge in [0, 0.05) is 18.4 Å². The van der Waals surface area contributed by atoms with E-state index in [4.69, 9.17) is 14.5 Å². The molecule has 3 saturated heterocycles. The maximum atomic E-state index is 13.0. The van der Waals surface area contributed by atoms with Crippen molar-refractivity contribution in [2.24, 2.45) is 10.4 Å². The van der Waals surface area contributed by atoms with Gasteiger partial charge in [0.1, 0.15) is 6.10 Å². The lowest BCUT2D eigenvalue weighted by Crippen LogP contribution is -2.73. The number of methoxy groups -OCH3 is 1. The monoisotopic (exact) mass is 382 g/mol. The second-order valence-electron chi connectivity index (χ2n) is 8.73. The molecule has 4 fully saturated rings. The Balaban J connectivity index is 1.67. The van der Waals surface area contributed by atoms with Crippen LogP contribution in [0, 0.1) is 5.41 Å². The van der Waals surface area contributed by atoms with Gasteiger partial charge in [-0.1, -0.05) is 25.1 Å². The molecule has 1 saturated carbocycles. The number of para-hydroxylation sites is 1. The summed E-state index contributed by atoms with van der Waals surface area (Å²) in [5.41, 5.74) is -0.831. The average molecular weight is 382 g/mol. The molecule has 0 bridgehead atoms. The quantitative estimate of drug-likeness (QED) is 0.611. The summed E-state index contributed by atoms with van der Waals surface area (Å²) in [4.78, 5) is 32.6. The van der Waals surface area contributed by atoms with Crippen LogP contribution in [-0.2, 0) is 24.5 Å². The number of aliphatic hydroxyl groups is 1. The summed E-state index contributed by atoms with van der Waals surface area (Å²) in [5, 5.41) is 11.8. The number of aliphatic imine (C=N–C) groups is 1. The smallest absolute Gasteiger partial charge is 0.343 e. The first-order valence-electron chi connectivity index (χ1n) is 9.90. The summed E-state index contributed by atoms with van der Waals surface area (Å²) in [6.07, 6.45) is 0.766. The highest BCUT2D eigenvalue weighted by Gasteiger charge is 2.80. The molecule has 1 aromatic rings. The molecule has 146 valence electrons. The number of fused-ring (bicyclic) bond motifs is 3. The predicted octanol–water partition coefficient (Wildman–Crippen LogP) is 1.10. The van der Waals surface area contributed by atoms with Crippen LogP contribution in [0.5, 0.6) is 0 Å². The van der Waals surface area contributed by atoms with Crippen LogP contribution in [-0.4, -0.2) is 65.1 Å². The van der Waals surface area contributed by atoms with Crippen molar-refractivity contribution in [3.8, 4) is 0 Å². The molecule has 1 N–H and O–H groups in total. The number of carbonyl (C=O) groups excluding carboxylic acids is 2. The van der Waals surface area contributed by atoms with Gasteiger partial charge in [-0.25, -0.2) is 4.79 Å². The minimum absolute atomic E-state index is 0.0307. The van der Waals surface area contributed by atoms with E-state index in [0.717, 1.165) is 11.3 Å². The van der Waals surface area contributed by atoms with Gasteiger partial charge in [-0.05, 0) is 24.5 Å². The van der Waals surface area contributed by atoms with E-state index in [-0.39, 0.29) is 24.5 Å². The van der Waals surface area contributed by atoms with Crippen LogP contribution >= 0.6 is 0 Å². The SMILES string of the molecule is CC[C@@]12C[C@@](O)(C(=O)OC)C3=Nc4ccccc4[C@]34CCN(C(=O)[C@@H]3O[C@@H]31)[C@@H]24. The number of nitrogens with zero attached hydrogens (tertiary/aromatic N) is 2. The fraction of sp³-hybridized carbons (Fsp3) is 0.571. The van der Waals surface area contributed by atoms with E-state index in [1.54, 1.807) is 0 Å². The zero-order valence-corrected chi connectivity index (χ0v) is 15.8. The standard InChI is InChI=1S/C21H22N2O5/c1-3-19-10-21(26,18(25)27-2)16-20(11-6-4-5-7-12(11)22-16)8-9-23(17(19)20)15(24)13-14(19)28-13/h4-7,13-14,17,26H,3,8-10H2,1-2H3/t13-,14+,17+,19-,20-,21+/m1/s1. The predicted molar refractivity (Wildman–Crippen MR) is 98.3 cm³/mol. The summed E-state index contributed by atoms with van der Waals surface area (Å²) in [5.74, 6) is -0.652. The second kappa shape index (κ2) is 4.83. The zero-order valence-electron chi connectivity index (χ0n) is 15.8. The van der Waals surface area contributed by atoms with Crippen molar-refractivity contribution < 1.29 is 24.2 Å². The number of benzene rings is 1. The molecule has 1 aromatic carbocycles. The number of epoxide rings is 1. The third kappa shape index (κ3) is 1.53. The topological polar surface area (TPSA) is 91.7 Å². The van der Waals surface area contributed by atoms with Crippen molar-refractivity contribution in [1.82, 2.24) is 4.90 Å². The lowest BCUT2D eigenvalue weighted by atomic mass is 9.49. The first-order valence-corrected chi connectivity index (χ1v) is 9.90. The molecule has 4 heterocycles. The molecule has 1 spiro atoms. The molecule has 28 heavy (non-hydrogen) atoms.